The van der Waals surface area contributed by atoms with E-state index in [1.807, 2.05) is 33.8 Å². The lowest BCUT2D eigenvalue weighted by Gasteiger charge is -2.24. The van der Waals surface area contributed by atoms with Gasteiger partial charge >= 0.3 is 0 Å². The van der Waals surface area contributed by atoms with E-state index in [2.05, 4.69) is 0 Å². The fourth-order valence-corrected chi connectivity index (χ4v) is 2.63. The maximum Gasteiger partial charge on any atom is 0.299 e. The summed E-state index contributed by atoms with van der Waals surface area (Å²) >= 11 is 0. The van der Waals surface area contributed by atoms with Crippen LogP contribution >= 0.6 is 0 Å². The van der Waals surface area contributed by atoms with Crippen molar-refractivity contribution in [3.8, 4) is 0 Å². The van der Waals surface area contributed by atoms with Crippen LogP contribution in [0.1, 0.15) is 35.3 Å². The molecule has 0 aliphatic carbocycles. The van der Waals surface area contributed by atoms with E-state index < -0.39 is 11.7 Å². The lowest BCUT2D eigenvalue weighted by molar-refractivity contribution is -0.130. The number of Topliss-reactive ketones (excluding diaryl/α,β-unsaturated/α-hetero) is 1. The van der Waals surface area contributed by atoms with Gasteiger partial charge < -0.3 is 4.90 Å². The van der Waals surface area contributed by atoms with E-state index in [0.717, 1.165) is 11.1 Å². The summed E-state index contributed by atoms with van der Waals surface area (Å²) in [6.07, 6.45) is 0. The molecule has 5 heteroatoms. The molecule has 1 aromatic carbocycles. The zero-order valence-electron chi connectivity index (χ0n) is 12.9. The third-order valence-corrected chi connectivity index (χ3v) is 4.07. The first-order valence-corrected chi connectivity index (χ1v) is 7.16. The first-order valence-electron chi connectivity index (χ1n) is 7.16. The van der Waals surface area contributed by atoms with Gasteiger partial charge in [0.25, 0.3) is 11.7 Å². The number of anilines is 1. The Kier molecular flexibility index (Phi) is 4.11. The summed E-state index contributed by atoms with van der Waals surface area (Å²) in [4.78, 5) is 39.4. The van der Waals surface area contributed by atoms with Crippen molar-refractivity contribution < 1.29 is 14.4 Å². The topological polar surface area (TPSA) is 57.7 Å². The van der Waals surface area contributed by atoms with E-state index in [9.17, 15) is 14.4 Å². The van der Waals surface area contributed by atoms with Crippen molar-refractivity contribution in [1.82, 2.24) is 4.90 Å². The van der Waals surface area contributed by atoms with Crippen molar-refractivity contribution in [2.75, 3.05) is 24.5 Å². The summed E-state index contributed by atoms with van der Waals surface area (Å²) in [6, 6.07) is 3.49. The van der Waals surface area contributed by atoms with Gasteiger partial charge in [-0.2, -0.15) is 0 Å². The molecule has 0 bridgehead atoms. The average Bonchev–Trinajstić information content (AvgIpc) is 2.70. The highest BCUT2D eigenvalue weighted by Crippen LogP contribution is 2.33. The molecule has 0 N–H and O–H groups in total. The van der Waals surface area contributed by atoms with E-state index in [0.29, 0.717) is 24.3 Å². The highest BCUT2D eigenvalue weighted by atomic mass is 16.2. The van der Waals surface area contributed by atoms with Crippen LogP contribution in [0, 0.1) is 13.8 Å². The van der Waals surface area contributed by atoms with Gasteiger partial charge in [-0.25, -0.2) is 0 Å². The molecule has 0 atom stereocenters. The number of amides is 2. The molecule has 2 amide bonds. The van der Waals surface area contributed by atoms with E-state index in [1.54, 1.807) is 11.0 Å². The summed E-state index contributed by atoms with van der Waals surface area (Å²) in [5.41, 5.74) is 2.86. The van der Waals surface area contributed by atoms with Gasteiger partial charge in [-0.05, 0) is 44.9 Å². The van der Waals surface area contributed by atoms with Crippen LogP contribution in [0.15, 0.2) is 12.1 Å². The van der Waals surface area contributed by atoms with Gasteiger partial charge in [0.15, 0.2) is 0 Å². The molecule has 1 aliphatic heterocycles. The van der Waals surface area contributed by atoms with Crippen LogP contribution in [0.25, 0.3) is 0 Å². The van der Waals surface area contributed by atoms with E-state index in [1.165, 1.54) is 4.90 Å². The van der Waals surface area contributed by atoms with Crippen molar-refractivity contribution in [2.24, 2.45) is 0 Å². The number of nitrogens with zero attached hydrogens (tertiary/aromatic N) is 2. The van der Waals surface area contributed by atoms with Crippen LogP contribution in [-0.4, -0.2) is 42.1 Å². The van der Waals surface area contributed by atoms with Crippen LogP contribution in [0.3, 0.4) is 0 Å². The normalized spacial score (nSPS) is 13.6. The largest absolute Gasteiger partial charge is 0.342 e. The van der Waals surface area contributed by atoms with Crippen LogP contribution in [0.2, 0.25) is 0 Å². The standard InChI is InChI=1S/C16H20N2O3/c1-5-17(6-2)13(19)9-18-14-11(4)10(3)7-8-12(14)15(20)16(18)21/h7-8H,5-6,9H2,1-4H3. The smallest absolute Gasteiger partial charge is 0.299 e. The van der Waals surface area contributed by atoms with Crippen molar-refractivity contribution >= 4 is 23.3 Å². The number of fused-ring (bicyclic) bond motifs is 1. The maximum absolute atomic E-state index is 12.2. The van der Waals surface area contributed by atoms with Gasteiger partial charge in [-0.15, -0.1) is 0 Å². The van der Waals surface area contributed by atoms with E-state index in [4.69, 9.17) is 0 Å². The number of carbonyl (C=O) groups is 3. The van der Waals surface area contributed by atoms with Gasteiger partial charge in [-0.1, -0.05) is 6.07 Å². The molecular weight excluding hydrogens is 268 g/mol. The fraction of sp³-hybridized carbons (Fsp3) is 0.438. The number of hydrogen-bond acceptors (Lipinski definition) is 3. The molecule has 0 spiro atoms. The second-order valence-electron chi connectivity index (χ2n) is 5.19. The minimum absolute atomic E-state index is 0.0798. The molecule has 0 aromatic heterocycles. The maximum atomic E-state index is 12.2. The summed E-state index contributed by atoms with van der Waals surface area (Å²) < 4.78 is 0. The highest BCUT2D eigenvalue weighted by molar-refractivity contribution is 6.52. The monoisotopic (exact) mass is 288 g/mol. The Hall–Kier alpha value is -2.17. The number of carbonyl (C=O) groups excluding carboxylic acids is 3. The van der Waals surface area contributed by atoms with Crippen LogP contribution in [0.5, 0.6) is 0 Å². The van der Waals surface area contributed by atoms with Crippen LogP contribution in [0.4, 0.5) is 5.69 Å². The number of benzene rings is 1. The van der Waals surface area contributed by atoms with Gasteiger partial charge in [0.05, 0.1) is 11.3 Å². The van der Waals surface area contributed by atoms with Gasteiger partial charge in [0.2, 0.25) is 5.91 Å². The summed E-state index contributed by atoms with van der Waals surface area (Å²) in [6.45, 7) is 8.67. The lowest BCUT2D eigenvalue weighted by Crippen LogP contribution is -2.42. The van der Waals surface area contributed by atoms with Gasteiger partial charge in [0, 0.05) is 13.1 Å². The fourth-order valence-electron chi connectivity index (χ4n) is 2.63. The van der Waals surface area contributed by atoms with Crippen LogP contribution < -0.4 is 4.90 Å². The molecular formula is C16H20N2O3. The Bertz CT molecular complexity index is 618. The third-order valence-electron chi connectivity index (χ3n) is 4.07. The number of ketones is 1. The minimum Gasteiger partial charge on any atom is -0.342 e. The Morgan fingerprint density at radius 3 is 2.33 bits per heavy atom. The second-order valence-corrected chi connectivity index (χ2v) is 5.19. The molecule has 1 heterocycles. The third kappa shape index (κ3) is 2.44. The molecule has 112 valence electrons. The summed E-state index contributed by atoms with van der Waals surface area (Å²) in [5, 5.41) is 0. The molecule has 0 saturated heterocycles. The molecule has 1 aromatic rings. The summed E-state index contributed by atoms with van der Waals surface area (Å²) in [7, 11) is 0. The molecule has 1 aliphatic rings. The molecule has 0 unspecified atom stereocenters. The summed E-state index contributed by atoms with van der Waals surface area (Å²) in [5.74, 6) is -1.28. The van der Waals surface area contributed by atoms with Crippen molar-refractivity contribution in [3.63, 3.8) is 0 Å². The Balaban J connectivity index is 2.39. The first kappa shape index (κ1) is 15.2. The Morgan fingerprint density at radius 1 is 1.14 bits per heavy atom. The molecule has 0 saturated carbocycles. The quantitative estimate of drug-likeness (QED) is 0.792. The molecule has 2 rings (SSSR count). The number of likely N-dealkylation sites (N-methyl/N-ethyl adjacent to an activating group) is 1. The predicted octanol–water partition coefficient (Wildman–Crippen LogP) is 1.70. The minimum atomic E-state index is -0.612. The van der Waals surface area contributed by atoms with Crippen molar-refractivity contribution in [1.29, 1.82) is 0 Å². The molecule has 0 fully saturated rings. The molecule has 5 nitrogen and oxygen atoms in total. The average molecular weight is 288 g/mol. The Morgan fingerprint density at radius 2 is 1.76 bits per heavy atom. The number of rotatable bonds is 4. The number of aryl methyl sites for hydroxylation is 1. The zero-order chi connectivity index (χ0) is 15.7. The molecule has 21 heavy (non-hydrogen) atoms. The van der Waals surface area contributed by atoms with Gasteiger partial charge in [-0.3, -0.25) is 19.3 Å². The van der Waals surface area contributed by atoms with Crippen molar-refractivity contribution in [2.45, 2.75) is 27.7 Å². The SMILES string of the molecule is CCN(CC)C(=O)CN1C(=O)C(=O)c2ccc(C)c(C)c21. The number of hydrogen-bond donors (Lipinski definition) is 0. The van der Waals surface area contributed by atoms with E-state index in [-0.39, 0.29) is 12.5 Å². The van der Waals surface area contributed by atoms with Crippen molar-refractivity contribution in [3.05, 3.63) is 28.8 Å². The second kappa shape index (κ2) is 5.68. The first-order chi connectivity index (χ1) is 9.92. The highest BCUT2D eigenvalue weighted by Gasteiger charge is 2.38. The Labute approximate surface area is 124 Å². The van der Waals surface area contributed by atoms with E-state index >= 15 is 0 Å². The molecule has 0 radical (unpaired) electrons. The zero-order valence-corrected chi connectivity index (χ0v) is 12.9. The van der Waals surface area contributed by atoms with Gasteiger partial charge in [0.1, 0.15) is 6.54 Å². The lowest BCUT2D eigenvalue weighted by atomic mass is 10.0. The predicted molar refractivity (Wildman–Crippen MR) is 80.5 cm³/mol. The van der Waals surface area contributed by atoms with Crippen LogP contribution in [-0.2, 0) is 9.59 Å².